The number of benzene rings is 2. The van der Waals surface area contributed by atoms with Gasteiger partial charge < -0.3 is 15.4 Å². The second-order valence-electron chi connectivity index (χ2n) is 7.68. The van der Waals surface area contributed by atoms with Gasteiger partial charge in [-0.3, -0.25) is 19.6 Å². The topological polar surface area (TPSA) is 93.2 Å². The van der Waals surface area contributed by atoms with E-state index in [9.17, 15) is 9.59 Å². The first-order valence-electron chi connectivity index (χ1n) is 10.6. The molecule has 1 aliphatic heterocycles. The highest BCUT2D eigenvalue weighted by Gasteiger charge is 2.31. The van der Waals surface area contributed by atoms with E-state index in [0.717, 1.165) is 5.56 Å². The molecule has 2 aromatic carbocycles. The molecular weight excluding hydrogens is 452 g/mol. The number of anilines is 1. The number of ketones is 1. The van der Waals surface area contributed by atoms with Crippen LogP contribution in [0.25, 0.3) is 0 Å². The van der Waals surface area contributed by atoms with Crippen molar-refractivity contribution in [2.75, 3.05) is 5.32 Å². The van der Waals surface area contributed by atoms with Crippen molar-refractivity contribution in [3.63, 3.8) is 0 Å². The minimum absolute atomic E-state index is 0.201. The number of Topliss-reactive ketones (excluding diaryl/α,β-unsaturated/α-hetero) is 1. The Morgan fingerprint density at radius 2 is 1.74 bits per heavy atom. The van der Waals surface area contributed by atoms with Gasteiger partial charge in [0.2, 0.25) is 0 Å². The average molecular weight is 471 g/mol. The Bertz CT molecular complexity index is 1380. The molecule has 3 heterocycles. The van der Waals surface area contributed by atoms with E-state index in [2.05, 4.69) is 20.6 Å². The minimum Gasteiger partial charge on any atom is -0.455 e. The van der Waals surface area contributed by atoms with Crippen LogP contribution in [0, 0.1) is 0 Å². The largest absolute Gasteiger partial charge is 0.455 e. The Kier molecular flexibility index (Phi) is 5.93. The lowest BCUT2D eigenvalue weighted by Crippen LogP contribution is -2.28. The van der Waals surface area contributed by atoms with E-state index < -0.39 is 6.04 Å². The van der Waals surface area contributed by atoms with Crippen LogP contribution in [-0.4, -0.2) is 21.7 Å². The summed E-state index contributed by atoms with van der Waals surface area (Å²) in [6.45, 7) is 0.307. The lowest BCUT2D eigenvalue weighted by Gasteiger charge is -2.19. The van der Waals surface area contributed by atoms with E-state index in [1.54, 1.807) is 42.7 Å². The van der Waals surface area contributed by atoms with Crippen molar-refractivity contribution < 1.29 is 14.3 Å². The van der Waals surface area contributed by atoms with Crippen LogP contribution < -0.4 is 15.4 Å². The van der Waals surface area contributed by atoms with Gasteiger partial charge in [0.05, 0.1) is 16.8 Å². The summed E-state index contributed by atoms with van der Waals surface area (Å²) >= 11 is 6.19. The van der Waals surface area contributed by atoms with Crippen molar-refractivity contribution >= 4 is 29.0 Å². The van der Waals surface area contributed by atoms with Crippen LogP contribution in [0.3, 0.4) is 0 Å². The van der Waals surface area contributed by atoms with Gasteiger partial charge in [-0.1, -0.05) is 29.8 Å². The summed E-state index contributed by atoms with van der Waals surface area (Å²) in [5.74, 6) is 0.408. The molecule has 0 fully saturated rings. The lowest BCUT2D eigenvalue weighted by atomic mass is 9.94. The van der Waals surface area contributed by atoms with E-state index in [-0.39, 0.29) is 22.8 Å². The number of hydrogen-bond acceptors (Lipinski definition) is 6. The first-order valence-corrected chi connectivity index (χ1v) is 11.0. The number of hydrogen-bond donors (Lipinski definition) is 2. The number of carbonyl (C=O) groups excluding carboxylic acids is 2. The molecule has 1 aliphatic rings. The number of ether oxygens (including phenoxy) is 1. The molecule has 1 atom stereocenters. The molecule has 1 unspecified atom stereocenters. The van der Waals surface area contributed by atoms with Gasteiger partial charge in [-0.05, 0) is 48.0 Å². The normalized spacial score (nSPS) is 14.0. The summed E-state index contributed by atoms with van der Waals surface area (Å²) in [6.07, 6.45) is 6.22. The van der Waals surface area contributed by atoms with Gasteiger partial charge in [0.15, 0.2) is 11.5 Å². The predicted molar refractivity (Wildman–Crippen MR) is 128 cm³/mol. The molecule has 0 bridgehead atoms. The maximum absolute atomic E-state index is 13.8. The molecule has 2 N–H and O–H groups in total. The monoisotopic (exact) mass is 470 g/mol. The Labute approximate surface area is 200 Å². The first-order chi connectivity index (χ1) is 16.6. The number of carbonyl (C=O) groups is 2. The molecule has 168 valence electrons. The number of pyridine rings is 2. The molecule has 4 aromatic rings. The fourth-order valence-electron chi connectivity index (χ4n) is 3.80. The highest BCUT2D eigenvalue weighted by Crippen LogP contribution is 2.42. The number of para-hydroxylation sites is 1. The fraction of sp³-hybridized carbons (Fsp3) is 0.0769. The van der Waals surface area contributed by atoms with E-state index in [4.69, 9.17) is 16.3 Å². The minimum atomic E-state index is -0.813. The molecule has 7 nitrogen and oxygen atoms in total. The van der Waals surface area contributed by atoms with Crippen LogP contribution in [0.15, 0.2) is 85.5 Å². The van der Waals surface area contributed by atoms with E-state index in [1.807, 2.05) is 30.3 Å². The van der Waals surface area contributed by atoms with Crippen LogP contribution in [0.4, 0.5) is 5.69 Å². The smallest absolute Gasteiger partial charge is 0.252 e. The summed E-state index contributed by atoms with van der Waals surface area (Å²) in [5.41, 5.74) is 2.56. The van der Waals surface area contributed by atoms with Gasteiger partial charge in [-0.15, -0.1) is 0 Å². The molecule has 34 heavy (non-hydrogen) atoms. The van der Waals surface area contributed by atoms with E-state index >= 15 is 0 Å². The molecule has 1 amide bonds. The Hall–Kier alpha value is -4.23. The number of amides is 1. The maximum atomic E-state index is 13.8. The summed E-state index contributed by atoms with van der Waals surface area (Å²) in [4.78, 5) is 34.9. The molecule has 0 radical (unpaired) electrons. The fourth-order valence-corrected chi connectivity index (χ4v) is 3.97. The van der Waals surface area contributed by atoms with Gasteiger partial charge in [0.1, 0.15) is 11.8 Å². The molecule has 5 rings (SSSR count). The molecule has 8 heteroatoms. The van der Waals surface area contributed by atoms with Crippen LogP contribution in [0.1, 0.15) is 37.9 Å². The zero-order valence-corrected chi connectivity index (χ0v) is 18.6. The number of fused-ring (bicyclic) bond motifs is 2. The zero-order chi connectivity index (χ0) is 23.5. The second kappa shape index (κ2) is 9.33. The molecule has 0 spiro atoms. The molecular formula is C26H19ClN4O3. The van der Waals surface area contributed by atoms with Crippen molar-refractivity contribution in [2.24, 2.45) is 0 Å². The number of rotatable bonds is 5. The molecule has 2 aromatic heterocycles. The van der Waals surface area contributed by atoms with E-state index in [1.165, 1.54) is 12.4 Å². The number of aromatic nitrogens is 2. The first kappa shape index (κ1) is 21.6. The highest BCUT2D eigenvalue weighted by atomic mass is 35.5. The standard InChI is InChI=1S/C26H19ClN4O3/c27-17-5-6-23-21(13-17)31-24(19-3-1-2-4-22(19)34-23)25(32)20-15-29-12-9-18(20)26(33)30-14-16-7-10-28-11-8-16/h1-13,15,24,31H,14H2,(H,30,33). The number of nitrogens with zero attached hydrogens (tertiary/aromatic N) is 2. The van der Waals surface area contributed by atoms with Gasteiger partial charge >= 0.3 is 0 Å². The van der Waals surface area contributed by atoms with Crippen molar-refractivity contribution in [1.29, 1.82) is 0 Å². The average Bonchev–Trinajstić information content (AvgIpc) is 3.04. The van der Waals surface area contributed by atoms with Crippen LogP contribution >= 0.6 is 11.6 Å². The Morgan fingerprint density at radius 1 is 0.941 bits per heavy atom. The van der Waals surface area contributed by atoms with Crippen molar-refractivity contribution in [3.05, 3.63) is 113 Å². The van der Waals surface area contributed by atoms with Crippen LogP contribution in [0.2, 0.25) is 5.02 Å². The Morgan fingerprint density at radius 3 is 2.59 bits per heavy atom. The summed E-state index contributed by atoms with van der Waals surface area (Å²) in [5, 5.41) is 6.62. The highest BCUT2D eigenvalue weighted by molar-refractivity contribution is 6.31. The SMILES string of the molecule is O=C(NCc1ccncc1)c1ccncc1C(=O)C1Nc2cc(Cl)ccc2Oc2ccccc21. The molecule has 0 aliphatic carbocycles. The lowest BCUT2D eigenvalue weighted by molar-refractivity contribution is 0.0925. The van der Waals surface area contributed by atoms with Crippen LogP contribution in [0.5, 0.6) is 11.5 Å². The molecule has 0 saturated heterocycles. The van der Waals surface area contributed by atoms with Crippen molar-refractivity contribution in [1.82, 2.24) is 15.3 Å². The van der Waals surface area contributed by atoms with Gasteiger partial charge in [-0.25, -0.2) is 0 Å². The third kappa shape index (κ3) is 4.33. The van der Waals surface area contributed by atoms with Crippen LogP contribution in [-0.2, 0) is 6.54 Å². The third-order valence-electron chi connectivity index (χ3n) is 5.49. The van der Waals surface area contributed by atoms with Crippen molar-refractivity contribution in [3.8, 4) is 11.5 Å². The van der Waals surface area contributed by atoms with Crippen molar-refractivity contribution in [2.45, 2.75) is 12.6 Å². The molecule has 0 saturated carbocycles. The number of nitrogens with one attached hydrogen (secondary N) is 2. The van der Waals surface area contributed by atoms with Gasteiger partial charge in [0.25, 0.3) is 5.91 Å². The zero-order valence-electron chi connectivity index (χ0n) is 17.9. The summed E-state index contributed by atoms with van der Waals surface area (Å²) in [7, 11) is 0. The number of halogens is 1. The third-order valence-corrected chi connectivity index (χ3v) is 5.72. The van der Waals surface area contributed by atoms with Gasteiger partial charge in [0, 0.05) is 41.9 Å². The second-order valence-corrected chi connectivity index (χ2v) is 8.12. The predicted octanol–water partition coefficient (Wildman–Crippen LogP) is 5.20. The maximum Gasteiger partial charge on any atom is 0.252 e. The van der Waals surface area contributed by atoms with E-state index in [0.29, 0.717) is 34.3 Å². The summed E-state index contributed by atoms with van der Waals surface area (Å²) in [6, 6.07) is 16.8. The Balaban J connectivity index is 1.49. The van der Waals surface area contributed by atoms with Gasteiger partial charge in [-0.2, -0.15) is 0 Å². The summed E-state index contributed by atoms with van der Waals surface area (Å²) < 4.78 is 6.07. The quantitative estimate of drug-likeness (QED) is 0.389.